The Bertz CT molecular complexity index is 1120. The number of ether oxygens (including phenoxy) is 2. The minimum absolute atomic E-state index is 0.0180. The van der Waals surface area contributed by atoms with Gasteiger partial charge in [0.1, 0.15) is 11.5 Å². The van der Waals surface area contributed by atoms with Crippen LogP contribution in [-0.4, -0.2) is 89.3 Å². The number of aliphatic hydroxyl groups excluding tert-OH is 2. The van der Waals surface area contributed by atoms with Gasteiger partial charge in [-0.3, -0.25) is 14.4 Å². The lowest BCUT2D eigenvalue weighted by Crippen LogP contribution is -2.58. The molecule has 10 heteroatoms. The Morgan fingerprint density at radius 3 is 2.59 bits per heavy atom. The van der Waals surface area contributed by atoms with Gasteiger partial charge in [-0.2, -0.15) is 0 Å². The number of rotatable bonds is 5. The molecule has 0 aromatic heterocycles. The van der Waals surface area contributed by atoms with Crippen LogP contribution in [0.15, 0.2) is 48.5 Å². The number of hydrogen-bond donors (Lipinski definition) is 3. The number of piperidine rings is 1. The summed E-state index contributed by atoms with van der Waals surface area (Å²) >= 11 is 0. The van der Waals surface area contributed by atoms with Crippen LogP contribution in [0.3, 0.4) is 0 Å². The average Bonchev–Trinajstić information content (AvgIpc) is 2.94. The van der Waals surface area contributed by atoms with Gasteiger partial charge in [0, 0.05) is 39.1 Å². The fourth-order valence-electron chi connectivity index (χ4n) is 4.90. The molecule has 0 saturated carbocycles. The molecule has 0 unspecified atom stereocenters. The average molecular weight is 540 g/mol. The first kappa shape index (κ1) is 28.5. The third-order valence-corrected chi connectivity index (χ3v) is 7.00. The van der Waals surface area contributed by atoms with Crippen molar-refractivity contribution in [2.24, 2.45) is 0 Å². The van der Waals surface area contributed by atoms with E-state index in [4.69, 9.17) is 9.47 Å². The van der Waals surface area contributed by atoms with E-state index in [1.165, 1.54) is 4.90 Å². The van der Waals surface area contributed by atoms with Crippen LogP contribution in [0.5, 0.6) is 11.5 Å². The molecule has 4 bridgehead atoms. The molecular formula is C29H37N3O7. The highest BCUT2D eigenvalue weighted by Gasteiger charge is 2.33. The van der Waals surface area contributed by atoms with Crippen LogP contribution in [-0.2, 0) is 32.1 Å². The second-order valence-electron chi connectivity index (χ2n) is 9.91. The van der Waals surface area contributed by atoms with Crippen LogP contribution in [0.25, 0.3) is 0 Å². The van der Waals surface area contributed by atoms with Crippen LogP contribution in [0.2, 0.25) is 0 Å². The molecule has 5 rings (SSSR count). The summed E-state index contributed by atoms with van der Waals surface area (Å²) in [5, 5.41) is 21.5. The number of amides is 3. The van der Waals surface area contributed by atoms with Crippen LogP contribution >= 0.6 is 0 Å². The Balaban J connectivity index is 1.57. The van der Waals surface area contributed by atoms with E-state index in [-0.39, 0.29) is 69.5 Å². The SMILES string of the molecule is O=C1CN(CCCO)C(=O)CCc2ccc(cc2)Oc2cccc(c2)CO[C@H]2CCN(C(=O)CCO)C[C@@H]2N1. The molecule has 0 aliphatic carbocycles. The van der Waals surface area contributed by atoms with Crippen molar-refractivity contribution in [2.45, 2.75) is 50.9 Å². The van der Waals surface area contributed by atoms with Gasteiger partial charge in [-0.25, -0.2) is 0 Å². The summed E-state index contributed by atoms with van der Waals surface area (Å²) in [6.07, 6.45) is 1.27. The number of carbonyl (C=O) groups is 3. The summed E-state index contributed by atoms with van der Waals surface area (Å²) in [7, 11) is 0. The quantitative estimate of drug-likeness (QED) is 0.527. The fraction of sp³-hybridized carbons (Fsp3) is 0.483. The van der Waals surface area contributed by atoms with Gasteiger partial charge < -0.3 is 34.8 Å². The zero-order valence-electron chi connectivity index (χ0n) is 22.1. The third kappa shape index (κ3) is 8.26. The van der Waals surface area contributed by atoms with Crippen LogP contribution < -0.4 is 10.1 Å². The Morgan fingerprint density at radius 2 is 1.82 bits per heavy atom. The van der Waals surface area contributed by atoms with E-state index in [2.05, 4.69) is 5.32 Å². The van der Waals surface area contributed by atoms with Gasteiger partial charge in [0.05, 0.1) is 31.9 Å². The predicted molar refractivity (Wildman–Crippen MR) is 143 cm³/mol. The molecule has 210 valence electrons. The smallest absolute Gasteiger partial charge is 0.239 e. The van der Waals surface area contributed by atoms with E-state index in [0.29, 0.717) is 43.9 Å². The highest BCUT2D eigenvalue weighted by molar-refractivity contribution is 5.85. The molecule has 2 aromatic rings. The molecule has 3 amide bonds. The monoisotopic (exact) mass is 539 g/mol. The highest BCUT2D eigenvalue weighted by Crippen LogP contribution is 2.25. The normalized spacial score (nSPS) is 20.8. The van der Waals surface area contributed by atoms with Gasteiger partial charge in [-0.15, -0.1) is 0 Å². The van der Waals surface area contributed by atoms with E-state index < -0.39 is 6.04 Å². The summed E-state index contributed by atoms with van der Waals surface area (Å²) in [5.41, 5.74) is 1.88. The van der Waals surface area contributed by atoms with Crippen molar-refractivity contribution in [3.8, 4) is 11.5 Å². The number of aryl methyl sites for hydroxylation is 1. The zero-order valence-corrected chi connectivity index (χ0v) is 22.1. The lowest BCUT2D eigenvalue weighted by molar-refractivity contribution is -0.139. The van der Waals surface area contributed by atoms with Gasteiger partial charge in [0.2, 0.25) is 17.7 Å². The van der Waals surface area contributed by atoms with Crippen molar-refractivity contribution in [1.29, 1.82) is 0 Å². The maximum atomic E-state index is 13.2. The van der Waals surface area contributed by atoms with Crippen molar-refractivity contribution in [1.82, 2.24) is 15.1 Å². The number of nitrogens with zero attached hydrogens (tertiary/aromatic N) is 2. The highest BCUT2D eigenvalue weighted by atomic mass is 16.5. The molecule has 3 aliphatic rings. The number of nitrogens with one attached hydrogen (secondary N) is 1. The predicted octanol–water partition coefficient (Wildman–Crippen LogP) is 1.62. The second-order valence-corrected chi connectivity index (χ2v) is 9.91. The van der Waals surface area contributed by atoms with E-state index in [0.717, 1.165) is 11.1 Å². The first-order chi connectivity index (χ1) is 18.9. The number of fused-ring (bicyclic) bond motifs is 9. The molecule has 2 aromatic carbocycles. The first-order valence-corrected chi connectivity index (χ1v) is 13.5. The molecule has 1 saturated heterocycles. The molecule has 3 heterocycles. The number of hydrogen-bond acceptors (Lipinski definition) is 7. The van der Waals surface area contributed by atoms with Gasteiger partial charge in [0.15, 0.2) is 0 Å². The van der Waals surface area contributed by atoms with E-state index in [1.807, 2.05) is 48.5 Å². The maximum absolute atomic E-state index is 13.2. The van der Waals surface area contributed by atoms with Gasteiger partial charge in [-0.1, -0.05) is 24.3 Å². The topological polar surface area (TPSA) is 129 Å². The lowest BCUT2D eigenvalue weighted by Gasteiger charge is -2.39. The van der Waals surface area contributed by atoms with Crippen LogP contribution in [0, 0.1) is 0 Å². The first-order valence-electron chi connectivity index (χ1n) is 13.5. The second kappa shape index (κ2) is 14.1. The summed E-state index contributed by atoms with van der Waals surface area (Å²) in [5.74, 6) is 0.640. The van der Waals surface area contributed by atoms with Crippen LogP contribution in [0.1, 0.15) is 36.8 Å². The minimum Gasteiger partial charge on any atom is -0.457 e. The third-order valence-electron chi connectivity index (χ3n) is 7.00. The van der Waals surface area contributed by atoms with Crippen molar-refractivity contribution < 1.29 is 34.1 Å². The standard InChI is InChI=1S/C29H37N3O7/c33-15-2-13-31-19-27(35)30-25-18-32(29(37)12-16-34)14-11-26(25)38-20-22-3-1-4-24(17-22)39-23-8-5-21(6-9-23)7-10-28(31)36/h1,3-6,8-9,17,25-26,33-34H,2,7,10-16,18-20H2,(H,30,35)/t25-,26-/m0/s1. The van der Waals surface area contributed by atoms with E-state index >= 15 is 0 Å². The zero-order chi connectivity index (χ0) is 27.6. The summed E-state index contributed by atoms with van der Waals surface area (Å²) in [6.45, 7) is 0.772. The molecule has 3 aliphatic heterocycles. The maximum Gasteiger partial charge on any atom is 0.239 e. The molecule has 0 spiro atoms. The molecular weight excluding hydrogens is 502 g/mol. The molecule has 0 radical (unpaired) electrons. The Labute approximate surface area is 228 Å². The molecule has 10 nitrogen and oxygen atoms in total. The summed E-state index contributed by atoms with van der Waals surface area (Å²) in [6, 6.07) is 14.7. The summed E-state index contributed by atoms with van der Waals surface area (Å²) < 4.78 is 12.3. The van der Waals surface area contributed by atoms with Crippen molar-refractivity contribution in [2.75, 3.05) is 39.4 Å². The lowest BCUT2D eigenvalue weighted by atomic mass is 10.0. The van der Waals surface area contributed by atoms with Gasteiger partial charge in [0.25, 0.3) is 0 Å². The fourth-order valence-corrected chi connectivity index (χ4v) is 4.90. The van der Waals surface area contributed by atoms with Crippen molar-refractivity contribution in [3.05, 3.63) is 59.7 Å². The summed E-state index contributed by atoms with van der Waals surface area (Å²) in [4.78, 5) is 41.8. The van der Waals surface area contributed by atoms with Gasteiger partial charge in [-0.05, 0) is 54.7 Å². The molecule has 39 heavy (non-hydrogen) atoms. The van der Waals surface area contributed by atoms with E-state index in [1.54, 1.807) is 4.90 Å². The Hall–Kier alpha value is -3.47. The largest absolute Gasteiger partial charge is 0.457 e. The molecule has 1 fully saturated rings. The minimum atomic E-state index is -0.486. The van der Waals surface area contributed by atoms with Crippen LogP contribution in [0.4, 0.5) is 0 Å². The number of carbonyl (C=O) groups excluding carboxylic acids is 3. The molecule has 2 atom stereocenters. The van der Waals surface area contributed by atoms with Gasteiger partial charge >= 0.3 is 0 Å². The van der Waals surface area contributed by atoms with Crippen molar-refractivity contribution >= 4 is 17.7 Å². The Kier molecular flexibility index (Phi) is 10.3. The van der Waals surface area contributed by atoms with Crippen molar-refractivity contribution in [3.63, 3.8) is 0 Å². The number of aliphatic hydroxyl groups is 2. The number of likely N-dealkylation sites (tertiary alicyclic amines) is 1. The van der Waals surface area contributed by atoms with E-state index in [9.17, 15) is 24.6 Å². The molecule has 3 N–H and O–H groups in total. The Morgan fingerprint density at radius 1 is 1.00 bits per heavy atom. The number of benzene rings is 2.